The van der Waals surface area contributed by atoms with Crippen LogP contribution in [0.25, 0.3) is 0 Å². The lowest BCUT2D eigenvalue weighted by Gasteiger charge is -2.25. The number of hydrogen-bond acceptors (Lipinski definition) is 2. The van der Waals surface area contributed by atoms with Gasteiger partial charge < -0.3 is 5.73 Å². The highest BCUT2D eigenvalue weighted by atomic mass is 79.9. The first-order chi connectivity index (χ1) is 8.01. The zero-order valence-electron chi connectivity index (χ0n) is 10.5. The molecule has 0 bridgehead atoms. The molecule has 1 saturated carbocycles. The van der Waals surface area contributed by atoms with Gasteiger partial charge in [0.05, 0.1) is 0 Å². The standard InChI is InChI=1S/C14H20BrNS/c1-10(2)17-13-6-5-11(9-12(13)15)14(16)7-3-4-8-14/h5-6,9-10H,3-4,7-8,16H2,1-2H3. The first-order valence-corrected chi connectivity index (χ1v) is 7.94. The zero-order valence-corrected chi connectivity index (χ0v) is 12.9. The van der Waals surface area contributed by atoms with Crippen molar-refractivity contribution in [3.05, 3.63) is 28.2 Å². The molecular weight excluding hydrogens is 294 g/mol. The normalized spacial score (nSPS) is 18.9. The summed E-state index contributed by atoms with van der Waals surface area (Å²) in [5, 5.41) is 0.607. The van der Waals surface area contributed by atoms with Crippen LogP contribution in [0.4, 0.5) is 0 Å². The average molecular weight is 314 g/mol. The molecule has 1 nitrogen and oxygen atoms in total. The minimum atomic E-state index is -0.0798. The van der Waals surface area contributed by atoms with Gasteiger partial charge in [-0.15, -0.1) is 11.8 Å². The summed E-state index contributed by atoms with van der Waals surface area (Å²) in [6.07, 6.45) is 4.76. The van der Waals surface area contributed by atoms with Gasteiger partial charge in [0.15, 0.2) is 0 Å². The fraction of sp³-hybridized carbons (Fsp3) is 0.571. The maximum absolute atomic E-state index is 6.47. The van der Waals surface area contributed by atoms with E-state index in [0.29, 0.717) is 5.25 Å². The van der Waals surface area contributed by atoms with E-state index in [2.05, 4.69) is 48.0 Å². The van der Waals surface area contributed by atoms with Gasteiger partial charge in [-0.25, -0.2) is 0 Å². The summed E-state index contributed by atoms with van der Waals surface area (Å²) in [6, 6.07) is 6.63. The fourth-order valence-electron chi connectivity index (χ4n) is 2.45. The Morgan fingerprint density at radius 3 is 2.47 bits per heavy atom. The van der Waals surface area contributed by atoms with Crippen molar-refractivity contribution < 1.29 is 0 Å². The van der Waals surface area contributed by atoms with Gasteiger partial charge in [0.1, 0.15) is 0 Å². The molecule has 1 aliphatic carbocycles. The van der Waals surface area contributed by atoms with Gasteiger partial charge in [-0.3, -0.25) is 0 Å². The number of thioether (sulfide) groups is 1. The van der Waals surface area contributed by atoms with E-state index in [9.17, 15) is 0 Å². The smallest absolute Gasteiger partial charge is 0.0410 e. The summed E-state index contributed by atoms with van der Waals surface area (Å²) in [4.78, 5) is 1.31. The van der Waals surface area contributed by atoms with Crippen LogP contribution in [0.1, 0.15) is 45.1 Å². The molecule has 1 fully saturated rings. The molecule has 0 atom stereocenters. The van der Waals surface area contributed by atoms with Crippen LogP contribution in [-0.4, -0.2) is 5.25 Å². The molecule has 0 aliphatic heterocycles. The fourth-order valence-corrected chi connectivity index (χ4v) is 3.94. The van der Waals surface area contributed by atoms with E-state index in [4.69, 9.17) is 5.73 Å². The Kier molecular flexibility index (Phi) is 4.22. The third-order valence-corrected chi connectivity index (χ3v) is 5.37. The summed E-state index contributed by atoms with van der Waals surface area (Å²) in [6.45, 7) is 4.43. The third kappa shape index (κ3) is 3.07. The van der Waals surface area contributed by atoms with Crippen molar-refractivity contribution in [3.8, 4) is 0 Å². The SMILES string of the molecule is CC(C)Sc1ccc(C2(N)CCCC2)cc1Br. The Bertz CT molecular complexity index is 397. The first kappa shape index (κ1) is 13.4. The van der Waals surface area contributed by atoms with Gasteiger partial charge in [0.25, 0.3) is 0 Å². The molecule has 2 N–H and O–H groups in total. The van der Waals surface area contributed by atoms with E-state index in [1.54, 1.807) is 0 Å². The minimum Gasteiger partial charge on any atom is -0.321 e. The Hall–Kier alpha value is 0.01000. The molecule has 2 rings (SSSR count). The van der Waals surface area contributed by atoms with Crippen LogP contribution in [0.5, 0.6) is 0 Å². The van der Waals surface area contributed by atoms with E-state index in [0.717, 1.165) is 12.8 Å². The van der Waals surface area contributed by atoms with Gasteiger partial charge in [-0.05, 0) is 46.5 Å². The minimum absolute atomic E-state index is 0.0798. The lowest BCUT2D eigenvalue weighted by Crippen LogP contribution is -2.32. The van der Waals surface area contributed by atoms with Crippen LogP contribution in [0.3, 0.4) is 0 Å². The van der Waals surface area contributed by atoms with Gasteiger partial charge in [0.2, 0.25) is 0 Å². The van der Waals surface area contributed by atoms with Crippen LogP contribution in [0.2, 0.25) is 0 Å². The number of benzene rings is 1. The van der Waals surface area contributed by atoms with Gasteiger partial charge >= 0.3 is 0 Å². The van der Waals surface area contributed by atoms with Crippen LogP contribution >= 0.6 is 27.7 Å². The summed E-state index contributed by atoms with van der Waals surface area (Å²) in [5.41, 5.74) is 7.68. The zero-order chi connectivity index (χ0) is 12.5. The second-order valence-corrected chi connectivity index (χ2v) is 7.65. The van der Waals surface area contributed by atoms with Gasteiger partial charge in [-0.2, -0.15) is 0 Å². The van der Waals surface area contributed by atoms with Gasteiger partial charge in [0, 0.05) is 20.2 Å². The predicted molar refractivity (Wildman–Crippen MR) is 79.5 cm³/mol. The molecule has 0 radical (unpaired) electrons. The summed E-state index contributed by atoms with van der Waals surface area (Å²) in [7, 11) is 0. The third-order valence-electron chi connectivity index (χ3n) is 3.37. The molecule has 17 heavy (non-hydrogen) atoms. The predicted octanol–water partition coefficient (Wildman–Crippen LogP) is 4.68. The average Bonchev–Trinajstić information content (AvgIpc) is 2.69. The van der Waals surface area contributed by atoms with Crippen LogP contribution in [0.15, 0.2) is 27.6 Å². The molecule has 0 aromatic heterocycles. The second-order valence-electron chi connectivity index (χ2n) is 5.18. The molecule has 0 saturated heterocycles. The molecule has 94 valence electrons. The van der Waals surface area contributed by atoms with Crippen molar-refractivity contribution in [3.63, 3.8) is 0 Å². The second kappa shape index (κ2) is 5.33. The Balaban J connectivity index is 2.24. The van der Waals surface area contributed by atoms with Crippen LogP contribution in [-0.2, 0) is 5.54 Å². The van der Waals surface area contributed by atoms with Gasteiger partial charge in [-0.1, -0.05) is 32.8 Å². The molecular formula is C14H20BrNS. The molecule has 0 amide bonds. The highest BCUT2D eigenvalue weighted by molar-refractivity contribution is 9.10. The molecule has 1 aromatic rings. The van der Waals surface area contributed by atoms with Crippen molar-refractivity contribution in [2.24, 2.45) is 5.73 Å². The molecule has 3 heteroatoms. The quantitative estimate of drug-likeness (QED) is 0.820. The topological polar surface area (TPSA) is 26.0 Å². The molecule has 0 spiro atoms. The summed E-state index contributed by atoms with van der Waals surface area (Å²) in [5.74, 6) is 0. The van der Waals surface area contributed by atoms with E-state index in [1.165, 1.54) is 27.8 Å². The summed E-state index contributed by atoms with van der Waals surface area (Å²) < 4.78 is 1.19. The van der Waals surface area contributed by atoms with Crippen molar-refractivity contribution >= 4 is 27.7 Å². The monoisotopic (exact) mass is 313 g/mol. The van der Waals surface area contributed by atoms with E-state index < -0.39 is 0 Å². The lowest BCUT2D eigenvalue weighted by molar-refractivity contribution is 0.461. The maximum Gasteiger partial charge on any atom is 0.0410 e. The maximum atomic E-state index is 6.47. The number of rotatable bonds is 3. The Morgan fingerprint density at radius 2 is 1.94 bits per heavy atom. The van der Waals surface area contributed by atoms with Crippen molar-refractivity contribution in [1.29, 1.82) is 0 Å². The molecule has 0 unspecified atom stereocenters. The molecule has 0 heterocycles. The number of nitrogens with two attached hydrogens (primary N) is 1. The number of hydrogen-bond donors (Lipinski definition) is 1. The van der Waals surface area contributed by atoms with Crippen LogP contribution < -0.4 is 5.73 Å². The summed E-state index contributed by atoms with van der Waals surface area (Å²) >= 11 is 5.56. The Labute approximate surface area is 117 Å². The largest absolute Gasteiger partial charge is 0.321 e. The highest BCUT2D eigenvalue weighted by Gasteiger charge is 2.31. The lowest BCUT2D eigenvalue weighted by atomic mass is 9.90. The van der Waals surface area contributed by atoms with Crippen molar-refractivity contribution in [2.45, 2.75) is 55.2 Å². The van der Waals surface area contributed by atoms with E-state index >= 15 is 0 Å². The number of halogens is 1. The van der Waals surface area contributed by atoms with Crippen LogP contribution in [0, 0.1) is 0 Å². The van der Waals surface area contributed by atoms with E-state index in [-0.39, 0.29) is 5.54 Å². The molecule has 1 aromatic carbocycles. The first-order valence-electron chi connectivity index (χ1n) is 6.27. The van der Waals surface area contributed by atoms with Crippen molar-refractivity contribution in [2.75, 3.05) is 0 Å². The highest BCUT2D eigenvalue weighted by Crippen LogP contribution is 2.39. The Morgan fingerprint density at radius 1 is 1.29 bits per heavy atom. The molecule has 1 aliphatic rings. The van der Waals surface area contributed by atoms with E-state index in [1.807, 2.05) is 11.8 Å². The van der Waals surface area contributed by atoms with Crippen molar-refractivity contribution in [1.82, 2.24) is 0 Å².